The van der Waals surface area contributed by atoms with Crippen LogP contribution in [0.3, 0.4) is 0 Å². The first-order valence-corrected chi connectivity index (χ1v) is 35.8. The van der Waals surface area contributed by atoms with Gasteiger partial charge >= 0.3 is 0 Å². The van der Waals surface area contributed by atoms with Gasteiger partial charge in [-0.05, 0) is 125 Å². The summed E-state index contributed by atoms with van der Waals surface area (Å²) in [5.74, 6) is -0.0865. The minimum absolute atomic E-state index is 0.0126. The van der Waals surface area contributed by atoms with Crippen LogP contribution in [0.2, 0.25) is 0 Å². The van der Waals surface area contributed by atoms with Crippen LogP contribution in [0.25, 0.3) is 0 Å². The first-order valence-electron chi connectivity index (χ1n) is 35.8. The maximum absolute atomic E-state index is 12.9. The zero-order valence-electron chi connectivity index (χ0n) is 58.2. The standard InChI is InChI=1S/C68H116O32/c1-26(9-17-41(65(4,5)90)99-63-59(100-62-58(89)54(85)48(79)36(24-71)96-62)55(86)49(80)37(97-63)25-91-60-56(87)53(84)47(78)35(23-70)95-60)27-19-20-66(6)38-16-10-28-29(68(38,8)39(72)21-67(27,66)7)11-18-40(64(28,2)3)98-61-57(88)52(83)45(76)33(94-61)15-14-31-43(74)50(81)42(73)30(92-31)12-13-32-44(75)51(82)46(77)34(22-69)93-32/h10,26-27,29-63,69-90H,9,11-25H2,1-8H3/t26-,27-,29?,30-,31+,32+,33-,34-,35-,36-,37-,38+,39-,40+,41-,42-,43+,44+,45-,46-,47-,48-,49-,50+,51-,52+,53+,54+,55+,56-,57-,58-,59-,60-,61+,62+,63+,66+,67-,68+/m1/s1. The second kappa shape index (κ2) is 31.6. The summed E-state index contributed by atoms with van der Waals surface area (Å²) in [5.41, 5.74) is -2.59. The lowest BCUT2D eigenvalue weighted by Crippen LogP contribution is -2.65. The van der Waals surface area contributed by atoms with Crippen molar-refractivity contribution in [2.75, 3.05) is 26.4 Å². The summed E-state index contributed by atoms with van der Waals surface area (Å²) in [6.45, 7) is 13.1. The fourth-order valence-corrected chi connectivity index (χ4v) is 19.3. The van der Waals surface area contributed by atoms with E-state index in [1.165, 1.54) is 13.8 Å². The monoisotopic (exact) mass is 1440 g/mol. The van der Waals surface area contributed by atoms with Crippen LogP contribution >= 0.6 is 0 Å². The molecule has 0 amide bonds. The van der Waals surface area contributed by atoms with Gasteiger partial charge in [0.1, 0.15) is 134 Å². The predicted octanol–water partition coefficient (Wildman–Crippen LogP) is -5.97. The molecule has 3 saturated carbocycles. The number of aliphatic hydroxyl groups excluding tert-OH is 21. The molecule has 9 fully saturated rings. The van der Waals surface area contributed by atoms with E-state index in [2.05, 4.69) is 33.8 Å². The molecule has 0 aromatic heterocycles. The van der Waals surface area contributed by atoms with Crippen LogP contribution in [-0.4, -0.2) is 347 Å². The van der Waals surface area contributed by atoms with Crippen molar-refractivity contribution in [3.05, 3.63) is 11.6 Å². The molecule has 6 saturated heterocycles. The predicted molar refractivity (Wildman–Crippen MR) is 339 cm³/mol. The Morgan fingerprint density at radius 1 is 0.470 bits per heavy atom. The van der Waals surface area contributed by atoms with Gasteiger partial charge in [-0.2, -0.15) is 0 Å². The summed E-state index contributed by atoms with van der Waals surface area (Å²) in [4.78, 5) is 0. The van der Waals surface area contributed by atoms with E-state index in [1.807, 2.05) is 13.8 Å². The normalized spacial score (nSPS) is 52.1. The number of allylic oxidation sites excluding steroid dienone is 1. The smallest absolute Gasteiger partial charge is 0.187 e. The largest absolute Gasteiger partial charge is 0.394 e. The number of hydrogen-bond acceptors (Lipinski definition) is 32. The van der Waals surface area contributed by atoms with Gasteiger partial charge in [0.2, 0.25) is 0 Å². The minimum Gasteiger partial charge on any atom is -0.394 e. The lowest BCUT2D eigenvalue weighted by Gasteiger charge is -2.67. The Hall–Kier alpha value is -1.54. The molecule has 0 aromatic rings. The molecule has 10 aliphatic rings. The molecule has 0 spiro atoms. The highest BCUT2D eigenvalue weighted by Crippen LogP contribution is 2.75. The van der Waals surface area contributed by atoms with E-state index in [1.54, 1.807) is 0 Å². The minimum atomic E-state index is -1.97. The van der Waals surface area contributed by atoms with E-state index < -0.39 is 250 Å². The number of aliphatic hydroxyl groups is 22. The van der Waals surface area contributed by atoms with E-state index in [4.69, 9.17) is 47.4 Å². The number of rotatable bonds is 23. The summed E-state index contributed by atoms with van der Waals surface area (Å²) in [5, 5.41) is 239. The summed E-state index contributed by atoms with van der Waals surface area (Å²) >= 11 is 0. The fraction of sp³-hybridized carbons (Fsp3) is 0.971. The van der Waals surface area contributed by atoms with Crippen LogP contribution in [0.15, 0.2) is 11.6 Å². The molecule has 40 atom stereocenters. The highest BCUT2D eigenvalue weighted by atomic mass is 16.8. The zero-order chi connectivity index (χ0) is 73.5. The lowest BCUT2D eigenvalue weighted by molar-refractivity contribution is -0.380. The highest BCUT2D eigenvalue weighted by Gasteiger charge is 2.71. The van der Waals surface area contributed by atoms with Gasteiger partial charge in [0.15, 0.2) is 25.2 Å². The molecule has 4 aliphatic carbocycles. The van der Waals surface area contributed by atoms with Gasteiger partial charge in [-0.25, -0.2) is 0 Å². The quantitative estimate of drug-likeness (QED) is 0.0424. The van der Waals surface area contributed by atoms with Crippen molar-refractivity contribution in [2.24, 2.45) is 45.3 Å². The van der Waals surface area contributed by atoms with Crippen molar-refractivity contribution in [3.63, 3.8) is 0 Å². The summed E-state index contributed by atoms with van der Waals surface area (Å²) in [7, 11) is 0. The Bertz CT molecular complexity index is 2670. The van der Waals surface area contributed by atoms with E-state index in [-0.39, 0.29) is 61.2 Å². The molecule has 32 nitrogen and oxygen atoms in total. The summed E-state index contributed by atoms with van der Waals surface area (Å²) in [6.07, 6.45) is -44.0. The Labute approximate surface area is 581 Å². The maximum atomic E-state index is 12.9. The van der Waals surface area contributed by atoms with Crippen molar-refractivity contribution in [1.82, 2.24) is 0 Å². The molecule has 0 radical (unpaired) electrons. The molecule has 6 aliphatic heterocycles. The van der Waals surface area contributed by atoms with Crippen molar-refractivity contribution >= 4 is 0 Å². The van der Waals surface area contributed by atoms with Gasteiger partial charge < -0.3 is 160 Å². The van der Waals surface area contributed by atoms with Crippen LogP contribution in [0.5, 0.6) is 0 Å². The Morgan fingerprint density at radius 2 is 0.890 bits per heavy atom. The van der Waals surface area contributed by atoms with Crippen LogP contribution in [0.4, 0.5) is 0 Å². The van der Waals surface area contributed by atoms with Gasteiger partial charge in [0, 0.05) is 10.8 Å². The summed E-state index contributed by atoms with van der Waals surface area (Å²) < 4.78 is 60.4. The number of fused-ring (bicyclic) bond motifs is 5. The second-order valence-electron chi connectivity index (χ2n) is 32.4. The van der Waals surface area contributed by atoms with E-state index >= 15 is 0 Å². The third kappa shape index (κ3) is 15.0. The first kappa shape index (κ1) is 81.0. The molecule has 6 heterocycles. The molecule has 1 unspecified atom stereocenters. The van der Waals surface area contributed by atoms with Crippen LogP contribution < -0.4 is 0 Å². The molecule has 22 N–H and O–H groups in total. The van der Waals surface area contributed by atoms with E-state index in [0.29, 0.717) is 32.1 Å². The van der Waals surface area contributed by atoms with Gasteiger partial charge in [-0.3, -0.25) is 0 Å². The molecule has 10 rings (SSSR count). The first-order chi connectivity index (χ1) is 46.8. The molecule has 0 aromatic carbocycles. The third-order valence-electron chi connectivity index (χ3n) is 25.9. The van der Waals surface area contributed by atoms with Crippen LogP contribution in [0, 0.1) is 45.3 Å². The zero-order valence-corrected chi connectivity index (χ0v) is 58.2. The average Bonchev–Trinajstić information content (AvgIpc) is 1.02. The van der Waals surface area contributed by atoms with Crippen molar-refractivity contribution in [2.45, 2.75) is 340 Å². The highest BCUT2D eigenvalue weighted by molar-refractivity contribution is 5.32. The summed E-state index contributed by atoms with van der Waals surface area (Å²) in [6, 6.07) is 0. The molecular formula is C68H116O32. The molecule has 0 bridgehead atoms. The molecule has 100 heavy (non-hydrogen) atoms. The average molecular weight is 1450 g/mol. The van der Waals surface area contributed by atoms with Crippen molar-refractivity contribution in [1.29, 1.82) is 0 Å². The van der Waals surface area contributed by atoms with Crippen LogP contribution in [0.1, 0.15) is 132 Å². The van der Waals surface area contributed by atoms with Crippen LogP contribution in [-0.2, 0) is 47.4 Å². The van der Waals surface area contributed by atoms with Gasteiger partial charge in [0.25, 0.3) is 0 Å². The Morgan fingerprint density at radius 3 is 1.40 bits per heavy atom. The lowest BCUT2D eigenvalue weighted by atomic mass is 9.38. The fourth-order valence-electron chi connectivity index (χ4n) is 19.3. The third-order valence-corrected chi connectivity index (χ3v) is 25.9. The number of ether oxygens (including phenoxy) is 10. The second-order valence-corrected chi connectivity index (χ2v) is 32.4. The van der Waals surface area contributed by atoms with Gasteiger partial charge in [-0.15, -0.1) is 0 Å². The van der Waals surface area contributed by atoms with Gasteiger partial charge in [0.05, 0.1) is 74.8 Å². The SMILES string of the molecule is C[C@H](CC[C@@H](O[C@@H]1O[C@H](CO[C@@H]2O[C@H](CO)[C@@H](O)[C@H](O)[C@H]2O)[C@@H](O)[C@H](O)[C@H]1O[C@@H]1O[C@H](CO)[C@@H](O)[C@H](O)[C@H]1O)C(C)(C)O)[C@H]1CC[C@@]2(C)[C@@H]3CC=C4C(CC[C@H](O[C@@H]5O[C@H](CC[C@@H]6O[C@H](CC[C@@H]7O[C@H](CO)[C@@H](O)[C@H](O)[C@H]7O)[C@@H](O)[C@H](O)[C@H]6O)[C@@H](O)[C@H](O)[C@H]5O)C4(C)C)[C@]3(C)[C@H](O)C[C@]12C. The van der Waals surface area contributed by atoms with E-state index in [9.17, 15) is 112 Å². The molecule has 580 valence electrons. The number of hydrogen-bond donors (Lipinski definition) is 22. The van der Waals surface area contributed by atoms with E-state index in [0.717, 1.165) is 18.4 Å². The van der Waals surface area contributed by atoms with Crippen molar-refractivity contribution in [3.8, 4) is 0 Å². The van der Waals surface area contributed by atoms with Crippen molar-refractivity contribution < 1.29 is 160 Å². The maximum Gasteiger partial charge on any atom is 0.187 e. The molecular weight excluding hydrogens is 1330 g/mol. The Balaban J connectivity index is 0.794. The molecule has 32 heteroatoms. The topological polar surface area (TPSA) is 537 Å². The Kier molecular flexibility index (Phi) is 25.6. The van der Waals surface area contributed by atoms with Gasteiger partial charge in [-0.1, -0.05) is 53.2 Å².